The van der Waals surface area contributed by atoms with Gasteiger partial charge in [0.15, 0.2) is 0 Å². The van der Waals surface area contributed by atoms with Crippen molar-refractivity contribution < 1.29 is 22.5 Å². The van der Waals surface area contributed by atoms with E-state index in [1.54, 1.807) is 5.94 Å². The highest BCUT2D eigenvalue weighted by molar-refractivity contribution is 7.89. The van der Waals surface area contributed by atoms with Crippen molar-refractivity contribution in [1.29, 1.82) is 0 Å². The van der Waals surface area contributed by atoms with E-state index in [1.165, 1.54) is 6.08 Å². The highest BCUT2D eigenvalue weighted by Gasteiger charge is 2.33. The lowest BCUT2D eigenvalue weighted by molar-refractivity contribution is 0.209. The van der Waals surface area contributed by atoms with Crippen molar-refractivity contribution in [2.24, 2.45) is 5.73 Å². The monoisotopic (exact) mass is 395 g/mol. The maximum Gasteiger partial charge on any atom is 0.292 e. The van der Waals surface area contributed by atoms with Gasteiger partial charge in [-0.15, -0.1) is 0 Å². The van der Waals surface area contributed by atoms with Crippen LogP contribution in [-0.4, -0.2) is 31.6 Å². The minimum Gasteiger partial charge on any atom is -0.491 e. The number of hydrogen-bond donors (Lipinski definition) is 2. The van der Waals surface area contributed by atoms with Crippen LogP contribution in [0, 0.1) is 0 Å². The zero-order valence-corrected chi connectivity index (χ0v) is 15.5. The molecule has 3 N–H and O–H groups in total. The van der Waals surface area contributed by atoms with Crippen LogP contribution >= 0.6 is 0 Å². The lowest BCUT2D eigenvalue weighted by Gasteiger charge is -2.23. The molecule has 1 atom stereocenters. The molecular formula is C21H17NO5S. The SMILES string of the molecule is NC1C(=C=O)C(OCC2c3ccccc3-c3ccccc32)=CC=C1S(=O)(=O)O. The Morgan fingerprint density at radius 2 is 1.57 bits per heavy atom. The van der Waals surface area contributed by atoms with E-state index >= 15 is 0 Å². The maximum atomic E-state index is 11.4. The largest absolute Gasteiger partial charge is 0.491 e. The molecule has 0 aliphatic heterocycles. The van der Waals surface area contributed by atoms with Gasteiger partial charge in [-0.25, -0.2) is 4.79 Å². The van der Waals surface area contributed by atoms with Crippen molar-refractivity contribution in [2.45, 2.75) is 12.0 Å². The third-order valence-corrected chi connectivity index (χ3v) is 6.04. The Balaban J connectivity index is 1.66. The van der Waals surface area contributed by atoms with Crippen molar-refractivity contribution in [1.82, 2.24) is 0 Å². The highest BCUT2D eigenvalue weighted by Crippen LogP contribution is 2.45. The predicted molar refractivity (Wildman–Crippen MR) is 105 cm³/mol. The second-order valence-corrected chi connectivity index (χ2v) is 8.03. The minimum atomic E-state index is -4.52. The molecule has 1 unspecified atom stereocenters. The number of fused-ring (bicyclic) bond motifs is 3. The fourth-order valence-corrected chi connectivity index (χ4v) is 4.42. The van der Waals surface area contributed by atoms with Gasteiger partial charge in [-0.05, 0) is 34.4 Å². The predicted octanol–water partition coefficient (Wildman–Crippen LogP) is 2.57. The second-order valence-electron chi connectivity index (χ2n) is 6.61. The molecule has 0 heterocycles. The molecule has 2 aromatic rings. The number of carbonyl (C=O) groups excluding carboxylic acids is 1. The highest BCUT2D eigenvalue weighted by atomic mass is 32.2. The lowest BCUT2D eigenvalue weighted by atomic mass is 9.97. The molecule has 4 rings (SSSR count). The van der Waals surface area contributed by atoms with Crippen LogP contribution in [0.4, 0.5) is 0 Å². The molecule has 6 nitrogen and oxygen atoms in total. The molecule has 28 heavy (non-hydrogen) atoms. The van der Waals surface area contributed by atoms with Gasteiger partial charge >= 0.3 is 0 Å². The van der Waals surface area contributed by atoms with Crippen molar-refractivity contribution in [3.63, 3.8) is 0 Å². The van der Waals surface area contributed by atoms with E-state index in [2.05, 4.69) is 12.1 Å². The number of rotatable bonds is 4. The smallest absolute Gasteiger partial charge is 0.292 e. The molecule has 0 saturated carbocycles. The molecular weight excluding hydrogens is 378 g/mol. The normalized spacial score (nSPS) is 18.6. The first-order valence-corrected chi connectivity index (χ1v) is 10.1. The molecule has 0 bridgehead atoms. The molecule has 0 amide bonds. The summed E-state index contributed by atoms with van der Waals surface area (Å²) >= 11 is 0. The first-order valence-electron chi connectivity index (χ1n) is 8.63. The topological polar surface area (TPSA) is 107 Å². The van der Waals surface area contributed by atoms with Crippen LogP contribution < -0.4 is 5.73 Å². The van der Waals surface area contributed by atoms with Crippen molar-refractivity contribution in [3.8, 4) is 11.1 Å². The fraction of sp³-hybridized carbons (Fsp3) is 0.143. The average molecular weight is 395 g/mol. The average Bonchev–Trinajstić information content (AvgIpc) is 2.99. The van der Waals surface area contributed by atoms with E-state index in [4.69, 9.17) is 10.5 Å². The van der Waals surface area contributed by atoms with E-state index in [-0.39, 0.29) is 23.9 Å². The molecule has 2 aromatic carbocycles. The van der Waals surface area contributed by atoms with Crippen LogP contribution in [0.3, 0.4) is 0 Å². The van der Waals surface area contributed by atoms with Gasteiger partial charge in [0.25, 0.3) is 10.1 Å². The number of allylic oxidation sites excluding steroid dienone is 2. The minimum absolute atomic E-state index is 0.0376. The van der Waals surface area contributed by atoms with Crippen LogP contribution in [-0.2, 0) is 19.6 Å². The Morgan fingerprint density at radius 1 is 1.00 bits per heavy atom. The number of nitrogens with two attached hydrogens (primary N) is 1. The van der Waals surface area contributed by atoms with Crippen LogP contribution in [0.15, 0.2) is 76.9 Å². The van der Waals surface area contributed by atoms with Gasteiger partial charge in [-0.1, -0.05) is 48.5 Å². The van der Waals surface area contributed by atoms with E-state index in [1.807, 2.05) is 36.4 Å². The number of hydrogen-bond acceptors (Lipinski definition) is 5. The first-order chi connectivity index (χ1) is 13.4. The molecule has 0 fully saturated rings. The Kier molecular flexibility index (Phi) is 4.53. The Bertz CT molecular complexity index is 1130. The second kappa shape index (κ2) is 6.89. The van der Waals surface area contributed by atoms with Gasteiger partial charge in [0.2, 0.25) is 0 Å². The molecule has 0 spiro atoms. The van der Waals surface area contributed by atoms with Crippen molar-refractivity contribution in [2.75, 3.05) is 6.61 Å². The third-order valence-electron chi connectivity index (χ3n) is 5.06. The Hall–Kier alpha value is -2.96. The molecule has 0 saturated heterocycles. The summed E-state index contributed by atoms with van der Waals surface area (Å²) in [6, 6.07) is 14.8. The van der Waals surface area contributed by atoms with Gasteiger partial charge in [-0.2, -0.15) is 8.42 Å². The van der Waals surface area contributed by atoms with Gasteiger partial charge in [0.05, 0.1) is 23.1 Å². The van der Waals surface area contributed by atoms with Gasteiger partial charge < -0.3 is 10.5 Å². The zero-order chi connectivity index (χ0) is 19.9. The van der Waals surface area contributed by atoms with Gasteiger partial charge in [-0.3, -0.25) is 4.55 Å². The molecule has 7 heteroatoms. The van der Waals surface area contributed by atoms with Crippen molar-refractivity contribution >= 4 is 16.1 Å². The summed E-state index contributed by atoms with van der Waals surface area (Å²) in [5, 5.41) is 0. The van der Waals surface area contributed by atoms with E-state index in [0.29, 0.717) is 0 Å². The third kappa shape index (κ3) is 3.00. The number of ether oxygens (including phenoxy) is 1. The van der Waals surface area contributed by atoms with Crippen LogP contribution in [0.1, 0.15) is 17.0 Å². The van der Waals surface area contributed by atoms with E-state index in [0.717, 1.165) is 28.3 Å². The summed E-state index contributed by atoms with van der Waals surface area (Å²) in [6.07, 6.45) is 2.46. The first kappa shape index (κ1) is 18.4. The molecule has 0 aromatic heterocycles. The quantitative estimate of drug-likeness (QED) is 0.609. The summed E-state index contributed by atoms with van der Waals surface area (Å²) < 4.78 is 37.9. The summed E-state index contributed by atoms with van der Waals surface area (Å²) in [5.74, 6) is 1.76. The fourth-order valence-electron chi connectivity index (χ4n) is 3.75. The molecule has 0 radical (unpaired) electrons. The molecule has 142 valence electrons. The molecule has 2 aliphatic carbocycles. The Labute approximate surface area is 162 Å². The van der Waals surface area contributed by atoms with Crippen LogP contribution in [0.2, 0.25) is 0 Å². The van der Waals surface area contributed by atoms with Crippen LogP contribution in [0.25, 0.3) is 11.1 Å². The van der Waals surface area contributed by atoms with E-state index in [9.17, 15) is 17.8 Å². The van der Waals surface area contributed by atoms with Gasteiger partial charge in [0, 0.05) is 5.92 Å². The zero-order valence-electron chi connectivity index (χ0n) is 14.7. The van der Waals surface area contributed by atoms with Crippen molar-refractivity contribution in [3.05, 3.63) is 88.0 Å². The van der Waals surface area contributed by atoms with E-state index < -0.39 is 21.1 Å². The number of benzene rings is 2. The summed E-state index contributed by atoms with van der Waals surface area (Å²) in [4.78, 5) is 10.9. The summed E-state index contributed by atoms with van der Waals surface area (Å²) in [5.41, 5.74) is 10.2. The van der Waals surface area contributed by atoms with Crippen LogP contribution in [0.5, 0.6) is 0 Å². The summed E-state index contributed by atoms with van der Waals surface area (Å²) in [7, 11) is -4.52. The summed E-state index contributed by atoms with van der Waals surface area (Å²) in [6.45, 7) is 0.243. The standard InChI is InChI=1S/C21H17NO5S/c22-21-17(11-23)19(9-10-20(21)28(24,25)26)27-12-18-15-7-3-1-5-13(15)14-6-2-4-8-16(14)18/h1-10,18,21H,12,22H2,(H,24,25,26). The lowest BCUT2D eigenvalue weighted by Crippen LogP contribution is -2.33. The van der Waals surface area contributed by atoms with Gasteiger partial charge in [0.1, 0.15) is 11.7 Å². The Morgan fingerprint density at radius 3 is 2.11 bits per heavy atom. The maximum absolute atomic E-state index is 11.4. The molecule has 2 aliphatic rings.